The molecule has 10 heteroatoms. The predicted octanol–water partition coefficient (Wildman–Crippen LogP) is 4.47. The number of nitro groups is 1. The number of ether oxygens (including phenoxy) is 1. The van der Waals surface area contributed by atoms with Crippen LogP contribution in [-0.4, -0.2) is 32.7 Å². The van der Waals surface area contributed by atoms with Crippen molar-refractivity contribution in [3.05, 3.63) is 81.3 Å². The van der Waals surface area contributed by atoms with E-state index >= 15 is 0 Å². The van der Waals surface area contributed by atoms with Crippen LogP contribution in [0.2, 0.25) is 0 Å². The van der Waals surface area contributed by atoms with Crippen molar-refractivity contribution in [3.63, 3.8) is 0 Å². The molecule has 0 aliphatic carbocycles. The molecule has 1 amide bonds. The lowest BCUT2D eigenvalue weighted by Crippen LogP contribution is -2.16. The number of amides is 1. The lowest BCUT2D eigenvalue weighted by atomic mass is 10.1. The monoisotopic (exact) mass is 435 g/mol. The normalized spacial score (nSPS) is 10.6. The van der Waals surface area contributed by atoms with Crippen molar-refractivity contribution in [3.8, 4) is 22.1 Å². The number of para-hydroxylation sites is 1. The highest BCUT2D eigenvalue weighted by Crippen LogP contribution is 2.29. The summed E-state index contributed by atoms with van der Waals surface area (Å²) in [6.07, 6.45) is 0. The fraction of sp³-hybridized carbons (Fsp3) is 0.0952. The topological polar surface area (TPSA) is 112 Å². The molecule has 2 aromatic heterocycles. The van der Waals surface area contributed by atoms with Gasteiger partial charge in [-0.25, -0.2) is 4.98 Å². The van der Waals surface area contributed by atoms with Crippen LogP contribution in [-0.2, 0) is 0 Å². The number of carbonyl (C=O) groups excluding carboxylic acids is 1. The number of aryl methyl sites for hydroxylation is 1. The summed E-state index contributed by atoms with van der Waals surface area (Å²) in [6.45, 7) is 1.79. The van der Waals surface area contributed by atoms with Crippen LogP contribution in [0.4, 0.5) is 11.5 Å². The molecular weight excluding hydrogens is 418 g/mol. The van der Waals surface area contributed by atoms with Gasteiger partial charge in [-0.15, -0.1) is 11.3 Å². The minimum Gasteiger partial charge on any atom is -0.497 e. The van der Waals surface area contributed by atoms with Crippen molar-refractivity contribution < 1.29 is 14.5 Å². The second-order valence-electron chi connectivity index (χ2n) is 6.56. The number of rotatable bonds is 6. The van der Waals surface area contributed by atoms with E-state index in [1.54, 1.807) is 26.2 Å². The molecule has 0 fully saturated rings. The van der Waals surface area contributed by atoms with Gasteiger partial charge in [-0.3, -0.25) is 14.9 Å². The average molecular weight is 435 g/mol. The summed E-state index contributed by atoms with van der Waals surface area (Å²) in [6, 6.07) is 15.0. The standard InChI is InChI=1S/C21H17N5O4S/c1-13-10-19(23-20(27)16-8-3-4-9-18(16)26(28)29)25(24-13)21-22-17(12-31-21)14-6-5-7-15(11-14)30-2/h3-12H,1-2H3,(H,23,27). The number of hydrogen-bond acceptors (Lipinski definition) is 7. The Hall–Kier alpha value is -4.05. The molecule has 0 spiro atoms. The smallest absolute Gasteiger partial charge is 0.282 e. The Morgan fingerprint density at radius 2 is 2.00 bits per heavy atom. The Kier molecular flexibility index (Phi) is 5.46. The summed E-state index contributed by atoms with van der Waals surface area (Å²) in [4.78, 5) is 28.0. The van der Waals surface area contributed by atoms with Crippen molar-refractivity contribution in [2.75, 3.05) is 12.4 Å². The van der Waals surface area contributed by atoms with E-state index in [-0.39, 0.29) is 11.3 Å². The summed E-state index contributed by atoms with van der Waals surface area (Å²) in [5.41, 5.74) is 1.99. The highest BCUT2D eigenvalue weighted by Gasteiger charge is 2.21. The fourth-order valence-corrected chi connectivity index (χ4v) is 3.82. The number of hydrogen-bond donors (Lipinski definition) is 1. The third-order valence-corrected chi connectivity index (χ3v) is 5.27. The van der Waals surface area contributed by atoms with Gasteiger partial charge in [0.25, 0.3) is 11.6 Å². The minimum absolute atomic E-state index is 0.0332. The summed E-state index contributed by atoms with van der Waals surface area (Å²) in [5, 5.41) is 20.8. The van der Waals surface area contributed by atoms with Gasteiger partial charge in [0, 0.05) is 23.1 Å². The molecule has 0 radical (unpaired) electrons. The molecule has 0 saturated carbocycles. The zero-order chi connectivity index (χ0) is 22.0. The van der Waals surface area contributed by atoms with Crippen LogP contribution in [0.25, 0.3) is 16.4 Å². The van der Waals surface area contributed by atoms with E-state index in [4.69, 9.17) is 4.74 Å². The van der Waals surface area contributed by atoms with E-state index in [0.29, 0.717) is 16.6 Å². The number of carbonyl (C=O) groups is 1. The van der Waals surface area contributed by atoms with Crippen LogP contribution in [0.1, 0.15) is 16.1 Å². The van der Waals surface area contributed by atoms with Crippen molar-refractivity contribution in [2.45, 2.75) is 6.92 Å². The third-order valence-electron chi connectivity index (χ3n) is 4.46. The molecule has 0 aliphatic heterocycles. The lowest BCUT2D eigenvalue weighted by molar-refractivity contribution is -0.385. The van der Waals surface area contributed by atoms with Gasteiger partial charge in [0.2, 0.25) is 5.13 Å². The highest BCUT2D eigenvalue weighted by molar-refractivity contribution is 7.12. The lowest BCUT2D eigenvalue weighted by Gasteiger charge is -2.07. The highest BCUT2D eigenvalue weighted by atomic mass is 32.1. The maximum Gasteiger partial charge on any atom is 0.282 e. The van der Waals surface area contributed by atoms with Crippen LogP contribution in [0.3, 0.4) is 0 Å². The summed E-state index contributed by atoms with van der Waals surface area (Å²) >= 11 is 1.36. The average Bonchev–Trinajstić information content (AvgIpc) is 3.40. The molecule has 31 heavy (non-hydrogen) atoms. The van der Waals surface area contributed by atoms with Gasteiger partial charge in [0.05, 0.1) is 23.4 Å². The minimum atomic E-state index is -0.599. The maximum absolute atomic E-state index is 12.7. The Balaban J connectivity index is 1.65. The van der Waals surface area contributed by atoms with Crippen molar-refractivity contribution in [2.24, 2.45) is 0 Å². The first-order chi connectivity index (χ1) is 15.0. The van der Waals surface area contributed by atoms with Gasteiger partial charge >= 0.3 is 0 Å². The first-order valence-electron chi connectivity index (χ1n) is 9.18. The molecule has 4 aromatic rings. The zero-order valence-corrected chi connectivity index (χ0v) is 17.4. The third kappa shape index (κ3) is 4.14. The van der Waals surface area contributed by atoms with E-state index in [9.17, 15) is 14.9 Å². The van der Waals surface area contributed by atoms with Crippen molar-refractivity contribution in [1.82, 2.24) is 14.8 Å². The van der Waals surface area contributed by atoms with Crippen molar-refractivity contribution in [1.29, 1.82) is 0 Å². The van der Waals surface area contributed by atoms with Crippen LogP contribution < -0.4 is 10.1 Å². The van der Waals surface area contributed by atoms with Gasteiger partial charge in [-0.05, 0) is 25.1 Å². The van der Waals surface area contributed by atoms with Crippen LogP contribution in [0.5, 0.6) is 5.75 Å². The van der Waals surface area contributed by atoms with Gasteiger partial charge in [0.1, 0.15) is 17.1 Å². The number of benzene rings is 2. The van der Waals surface area contributed by atoms with Crippen LogP contribution >= 0.6 is 11.3 Å². The number of nitrogens with zero attached hydrogens (tertiary/aromatic N) is 4. The molecule has 0 aliphatic rings. The van der Waals surface area contributed by atoms with E-state index in [0.717, 1.165) is 17.0 Å². The second-order valence-corrected chi connectivity index (χ2v) is 7.39. The molecule has 0 atom stereocenters. The van der Waals surface area contributed by atoms with Gasteiger partial charge in [0.15, 0.2) is 0 Å². The molecule has 0 saturated heterocycles. The van der Waals surface area contributed by atoms with Gasteiger partial charge < -0.3 is 10.1 Å². The molecule has 0 unspecified atom stereocenters. The number of nitro benzene ring substituents is 1. The molecule has 0 bridgehead atoms. The second kappa shape index (κ2) is 8.36. The van der Waals surface area contributed by atoms with Crippen LogP contribution in [0, 0.1) is 17.0 Å². The zero-order valence-electron chi connectivity index (χ0n) is 16.6. The fourth-order valence-electron chi connectivity index (χ4n) is 3.02. The first kappa shape index (κ1) is 20.2. The largest absolute Gasteiger partial charge is 0.497 e. The predicted molar refractivity (Wildman–Crippen MR) is 117 cm³/mol. The Bertz CT molecular complexity index is 1280. The maximum atomic E-state index is 12.7. The number of thiazole rings is 1. The Labute approximate surface area is 181 Å². The molecule has 4 rings (SSSR count). The summed E-state index contributed by atoms with van der Waals surface area (Å²) < 4.78 is 6.78. The molecule has 2 heterocycles. The summed E-state index contributed by atoms with van der Waals surface area (Å²) in [7, 11) is 1.60. The molecule has 1 N–H and O–H groups in total. The molecule has 156 valence electrons. The number of anilines is 1. The number of nitrogens with one attached hydrogen (secondary N) is 1. The van der Waals surface area contributed by atoms with E-state index < -0.39 is 10.8 Å². The molecule has 9 nitrogen and oxygen atoms in total. The Morgan fingerprint density at radius 1 is 1.19 bits per heavy atom. The summed E-state index contributed by atoms with van der Waals surface area (Å²) in [5.74, 6) is 0.490. The van der Waals surface area contributed by atoms with Crippen LogP contribution in [0.15, 0.2) is 60.0 Å². The van der Waals surface area contributed by atoms with E-state index in [1.807, 2.05) is 29.6 Å². The SMILES string of the molecule is COc1cccc(-c2csc(-n3nc(C)cc3NC(=O)c3ccccc3[N+](=O)[O-])n2)c1. The van der Waals surface area contributed by atoms with E-state index in [2.05, 4.69) is 15.4 Å². The van der Waals surface area contributed by atoms with Crippen molar-refractivity contribution >= 4 is 28.7 Å². The first-order valence-corrected chi connectivity index (χ1v) is 10.1. The molecular formula is C21H17N5O4S. The van der Waals surface area contributed by atoms with Gasteiger partial charge in [-0.1, -0.05) is 24.3 Å². The molecule has 2 aromatic carbocycles. The number of aromatic nitrogens is 3. The quantitative estimate of drug-likeness (QED) is 0.353. The van der Waals surface area contributed by atoms with Gasteiger partial charge in [-0.2, -0.15) is 9.78 Å². The van der Waals surface area contributed by atoms with E-state index in [1.165, 1.54) is 34.2 Å². The number of methoxy groups -OCH3 is 1. The Morgan fingerprint density at radius 3 is 2.77 bits per heavy atom.